The first-order valence-electron chi connectivity index (χ1n) is 20.9. The number of carbonyl (C=O) groups is 5. The minimum atomic E-state index is -0.593. The Hall–Kier alpha value is -5.32. The second-order valence-corrected chi connectivity index (χ2v) is 17.2. The van der Waals surface area contributed by atoms with Gasteiger partial charge in [0.2, 0.25) is 5.91 Å². The molecule has 2 saturated carbocycles. The number of benzene rings is 3. The standard InChI is InChI=1S/C47H57N5O6/c1-30-24-37(43(55)26-36-8-6-5-7-9-41(36)53)20-23-40(30)33-14-10-31(11-15-33)25-38(45(56)51-39-21-18-35(19-22-39)44-49-29-50-52-44)27-42(54)34-16-12-32(13-17-34)28-48-46(57)58-47(2,3)4/h10-11,14-15,18-24,32,34,36,38H,5-9,12-13,16-17,25-29H2,1-4H3,(H,48,57)(H,51,56). The number of ether oxygens (including phenoxy) is 1. The Labute approximate surface area is 341 Å². The van der Waals surface area contributed by atoms with Crippen molar-refractivity contribution in [2.24, 2.45) is 38.9 Å². The van der Waals surface area contributed by atoms with Gasteiger partial charge >= 0.3 is 6.09 Å². The van der Waals surface area contributed by atoms with Crippen molar-refractivity contribution >= 4 is 40.9 Å². The van der Waals surface area contributed by atoms with Crippen LogP contribution in [0.4, 0.5) is 10.5 Å². The van der Waals surface area contributed by atoms with Crippen LogP contribution in [-0.2, 0) is 25.5 Å². The molecule has 2 atom stereocenters. The van der Waals surface area contributed by atoms with E-state index in [1.165, 1.54) is 0 Å². The molecule has 2 amide bonds. The van der Waals surface area contributed by atoms with Gasteiger partial charge in [-0.05, 0) is 131 Å². The molecular weight excluding hydrogens is 731 g/mol. The summed E-state index contributed by atoms with van der Waals surface area (Å²) < 4.78 is 5.37. The van der Waals surface area contributed by atoms with E-state index in [4.69, 9.17) is 4.74 Å². The molecule has 3 aromatic carbocycles. The molecule has 2 fully saturated rings. The average molecular weight is 788 g/mol. The number of rotatable bonds is 14. The number of carbonyl (C=O) groups excluding carboxylic acids is 5. The Balaban J connectivity index is 1.10. The van der Waals surface area contributed by atoms with Crippen LogP contribution in [0.3, 0.4) is 0 Å². The Morgan fingerprint density at radius 1 is 0.862 bits per heavy atom. The number of ketones is 3. The first-order valence-corrected chi connectivity index (χ1v) is 20.9. The molecule has 11 heteroatoms. The maximum atomic E-state index is 13.9. The van der Waals surface area contributed by atoms with Gasteiger partial charge in [0.15, 0.2) is 18.3 Å². The van der Waals surface area contributed by atoms with Gasteiger partial charge in [-0.15, -0.1) is 5.11 Å². The average Bonchev–Trinajstić information content (AvgIpc) is 3.67. The number of hydrogen-bond acceptors (Lipinski definition) is 9. The van der Waals surface area contributed by atoms with Gasteiger partial charge < -0.3 is 15.4 Å². The molecule has 1 aliphatic heterocycles. The number of aliphatic imine (C=N–C) groups is 1. The third kappa shape index (κ3) is 11.9. The van der Waals surface area contributed by atoms with Gasteiger partial charge in [0.05, 0.1) is 0 Å². The van der Waals surface area contributed by atoms with Crippen LogP contribution in [0.25, 0.3) is 11.1 Å². The zero-order valence-electron chi connectivity index (χ0n) is 34.4. The lowest BCUT2D eigenvalue weighted by atomic mass is 9.77. The molecule has 0 bridgehead atoms. The Bertz CT molecular complexity index is 2020. The van der Waals surface area contributed by atoms with Crippen LogP contribution in [0.5, 0.6) is 0 Å². The van der Waals surface area contributed by atoms with Gasteiger partial charge in [-0.3, -0.25) is 19.2 Å². The van der Waals surface area contributed by atoms with Crippen molar-refractivity contribution in [2.45, 2.75) is 110 Å². The second kappa shape index (κ2) is 19.4. The predicted molar refractivity (Wildman–Crippen MR) is 225 cm³/mol. The number of nitrogens with one attached hydrogen (secondary N) is 2. The van der Waals surface area contributed by atoms with Gasteiger partial charge in [-0.1, -0.05) is 49.2 Å². The molecular formula is C47H57N5O6. The number of anilines is 1. The summed E-state index contributed by atoms with van der Waals surface area (Å²) in [7, 11) is 0. The van der Waals surface area contributed by atoms with E-state index in [0.717, 1.165) is 66.3 Å². The molecule has 0 radical (unpaired) electrons. The number of azo groups is 1. The van der Waals surface area contributed by atoms with Crippen molar-refractivity contribution in [2.75, 3.05) is 18.5 Å². The zero-order valence-corrected chi connectivity index (χ0v) is 34.4. The summed E-state index contributed by atoms with van der Waals surface area (Å²) in [5, 5.41) is 13.9. The summed E-state index contributed by atoms with van der Waals surface area (Å²) in [6, 6.07) is 21.1. The molecule has 3 aliphatic rings. The summed E-state index contributed by atoms with van der Waals surface area (Å²) in [5.74, 6) is 0.0145. The molecule has 0 spiro atoms. The molecule has 2 aliphatic carbocycles. The van der Waals surface area contributed by atoms with Crippen molar-refractivity contribution in [1.82, 2.24) is 5.32 Å². The molecule has 58 heavy (non-hydrogen) atoms. The van der Waals surface area contributed by atoms with Gasteiger partial charge in [-0.2, -0.15) is 5.11 Å². The minimum absolute atomic E-state index is 0.0120. The molecule has 2 unspecified atom stereocenters. The summed E-state index contributed by atoms with van der Waals surface area (Å²) in [4.78, 5) is 69.9. The number of alkyl carbamates (subject to hydrolysis) is 1. The van der Waals surface area contributed by atoms with E-state index in [-0.39, 0.29) is 53.9 Å². The third-order valence-corrected chi connectivity index (χ3v) is 11.6. The summed E-state index contributed by atoms with van der Waals surface area (Å²) in [5.41, 5.74) is 5.39. The van der Waals surface area contributed by atoms with E-state index >= 15 is 0 Å². The molecule has 11 nitrogen and oxygen atoms in total. The van der Waals surface area contributed by atoms with E-state index in [1.54, 1.807) is 0 Å². The number of aryl methyl sites for hydroxylation is 1. The lowest BCUT2D eigenvalue weighted by molar-refractivity contribution is -0.129. The number of amides is 2. The van der Waals surface area contributed by atoms with E-state index in [1.807, 2.05) is 94.4 Å². The normalized spacial score (nSPS) is 20.1. The highest BCUT2D eigenvalue weighted by Gasteiger charge is 2.31. The summed E-state index contributed by atoms with van der Waals surface area (Å²) in [6.07, 6.45) is 7.74. The number of Topliss-reactive ketones (excluding diaryl/α,β-unsaturated/α-hetero) is 3. The fourth-order valence-corrected chi connectivity index (χ4v) is 8.28. The monoisotopic (exact) mass is 787 g/mol. The maximum Gasteiger partial charge on any atom is 0.407 e. The topological polar surface area (TPSA) is 156 Å². The summed E-state index contributed by atoms with van der Waals surface area (Å²) in [6.45, 7) is 8.31. The van der Waals surface area contributed by atoms with E-state index in [9.17, 15) is 24.0 Å². The number of hydrogen-bond donors (Lipinski definition) is 2. The predicted octanol–water partition coefficient (Wildman–Crippen LogP) is 9.64. The highest BCUT2D eigenvalue weighted by atomic mass is 16.6. The first-order chi connectivity index (χ1) is 27.8. The molecule has 306 valence electrons. The molecule has 1 heterocycles. The van der Waals surface area contributed by atoms with Crippen molar-refractivity contribution < 1.29 is 28.7 Å². The first kappa shape index (κ1) is 42.3. The van der Waals surface area contributed by atoms with Crippen LogP contribution in [-0.4, -0.2) is 54.0 Å². The van der Waals surface area contributed by atoms with Gasteiger partial charge in [0.25, 0.3) is 0 Å². The minimum Gasteiger partial charge on any atom is -0.444 e. The Morgan fingerprint density at radius 2 is 1.59 bits per heavy atom. The molecule has 0 aromatic heterocycles. The van der Waals surface area contributed by atoms with Gasteiger partial charge in [-0.25, -0.2) is 9.79 Å². The van der Waals surface area contributed by atoms with Crippen LogP contribution in [0.15, 0.2) is 82.0 Å². The van der Waals surface area contributed by atoms with Gasteiger partial charge in [0, 0.05) is 60.4 Å². The van der Waals surface area contributed by atoms with Crippen LogP contribution in [0, 0.1) is 30.6 Å². The highest BCUT2D eigenvalue weighted by Crippen LogP contribution is 2.32. The van der Waals surface area contributed by atoms with E-state index in [2.05, 4.69) is 25.9 Å². The second-order valence-electron chi connectivity index (χ2n) is 17.2. The quantitative estimate of drug-likeness (QED) is 0.122. The van der Waals surface area contributed by atoms with E-state index in [0.29, 0.717) is 56.0 Å². The van der Waals surface area contributed by atoms with Crippen LogP contribution >= 0.6 is 0 Å². The SMILES string of the molecule is Cc1cc(C(=O)CC2CCCCCC2=O)ccc1-c1ccc(CC(CC(=O)C2CCC(CNC(=O)OC(C)(C)C)CC2)C(=O)Nc2ccc(C3=NCN=N3)cc2)cc1. The lowest BCUT2D eigenvalue weighted by Gasteiger charge is -2.29. The Morgan fingerprint density at radius 3 is 2.26 bits per heavy atom. The largest absolute Gasteiger partial charge is 0.444 e. The zero-order chi connectivity index (χ0) is 41.2. The molecule has 3 aromatic rings. The third-order valence-electron chi connectivity index (χ3n) is 11.6. The maximum absolute atomic E-state index is 13.9. The van der Waals surface area contributed by atoms with Crippen molar-refractivity contribution in [3.05, 3.63) is 89.0 Å². The number of amidine groups is 1. The van der Waals surface area contributed by atoms with Crippen LogP contribution in [0.1, 0.15) is 118 Å². The number of nitrogens with zero attached hydrogens (tertiary/aromatic N) is 3. The molecule has 0 saturated heterocycles. The fraction of sp³-hybridized carbons (Fsp3) is 0.489. The van der Waals surface area contributed by atoms with Crippen molar-refractivity contribution in [3.63, 3.8) is 0 Å². The molecule has 6 rings (SSSR count). The molecule has 2 N–H and O–H groups in total. The van der Waals surface area contributed by atoms with E-state index < -0.39 is 17.6 Å². The fourth-order valence-electron chi connectivity index (χ4n) is 8.28. The highest BCUT2D eigenvalue weighted by molar-refractivity contribution is 6.01. The van der Waals surface area contributed by atoms with Crippen LogP contribution in [0.2, 0.25) is 0 Å². The summed E-state index contributed by atoms with van der Waals surface area (Å²) >= 11 is 0. The van der Waals surface area contributed by atoms with Gasteiger partial charge in [0.1, 0.15) is 17.2 Å². The lowest BCUT2D eigenvalue weighted by Crippen LogP contribution is -2.37. The smallest absolute Gasteiger partial charge is 0.407 e. The van der Waals surface area contributed by atoms with Crippen molar-refractivity contribution in [3.8, 4) is 11.1 Å². The van der Waals surface area contributed by atoms with Crippen molar-refractivity contribution in [1.29, 1.82) is 0 Å². The van der Waals surface area contributed by atoms with Crippen LogP contribution < -0.4 is 10.6 Å². The Kier molecular flexibility index (Phi) is 14.2.